The average molecular weight is 447 g/mol. The molecule has 0 radical (unpaired) electrons. The number of halogens is 1. The summed E-state index contributed by atoms with van der Waals surface area (Å²) in [5.41, 5.74) is 4.63. The molecule has 0 spiro atoms. The standard InChI is InChI=1S/C24H19BrN2O2/c1-15-5-2-3-8-19(15)17-9-10-22-20(12-17)23(28)21(14-26-22)24(29)27-13-16-6-4-7-18(25)11-16/h2-12,14H,13H2,1H3,(H,26,28)(H,27,29). The van der Waals surface area contributed by atoms with E-state index in [9.17, 15) is 9.59 Å². The van der Waals surface area contributed by atoms with Crippen LogP contribution in [0.15, 0.2) is 82.2 Å². The molecule has 0 fully saturated rings. The van der Waals surface area contributed by atoms with Crippen molar-refractivity contribution in [3.05, 3.63) is 104 Å². The molecular weight excluding hydrogens is 428 g/mol. The molecule has 29 heavy (non-hydrogen) atoms. The van der Waals surface area contributed by atoms with Gasteiger partial charge in [0.2, 0.25) is 5.43 Å². The van der Waals surface area contributed by atoms with Crippen molar-refractivity contribution < 1.29 is 4.79 Å². The first-order chi connectivity index (χ1) is 14.0. The Bertz CT molecular complexity index is 1280. The highest BCUT2D eigenvalue weighted by Crippen LogP contribution is 2.25. The molecule has 0 saturated carbocycles. The lowest BCUT2D eigenvalue weighted by Crippen LogP contribution is -2.28. The summed E-state index contributed by atoms with van der Waals surface area (Å²) in [5, 5.41) is 3.32. The average Bonchev–Trinajstić information content (AvgIpc) is 2.73. The molecule has 0 atom stereocenters. The Hall–Kier alpha value is -3.18. The van der Waals surface area contributed by atoms with Crippen molar-refractivity contribution in [2.45, 2.75) is 13.5 Å². The number of aromatic amines is 1. The maximum atomic E-state index is 13.0. The van der Waals surface area contributed by atoms with Crippen LogP contribution in [0, 0.1) is 6.92 Å². The van der Waals surface area contributed by atoms with Crippen LogP contribution in [-0.2, 0) is 6.54 Å². The Labute approximate surface area is 176 Å². The predicted octanol–water partition coefficient (Wildman–Crippen LogP) is 5.20. The fourth-order valence-electron chi connectivity index (χ4n) is 3.38. The maximum Gasteiger partial charge on any atom is 0.257 e. The van der Waals surface area contributed by atoms with Crippen molar-refractivity contribution in [1.29, 1.82) is 0 Å². The summed E-state index contributed by atoms with van der Waals surface area (Å²) in [6, 6.07) is 21.4. The zero-order valence-corrected chi connectivity index (χ0v) is 17.4. The summed E-state index contributed by atoms with van der Waals surface area (Å²) < 4.78 is 0.941. The molecule has 4 aromatic rings. The van der Waals surface area contributed by atoms with E-state index in [-0.39, 0.29) is 11.0 Å². The molecule has 3 aromatic carbocycles. The largest absolute Gasteiger partial charge is 0.360 e. The number of fused-ring (bicyclic) bond motifs is 1. The van der Waals surface area contributed by atoms with E-state index in [1.54, 1.807) is 0 Å². The monoisotopic (exact) mass is 446 g/mol. The van der Waals surface area contributed by atoms with Gasteiger partial charge in [0.05, 0.1) is 0 Å². The van der Waals surface area contributed by atoms with E-state index in [1.807, 2.05) is 73.7 Å². The van der Waals surface area contributed by atoms with Crippen LogP contribution in [-0.4, -0.2) is 10.9 Å². The number of benzene rings is 3. The topological polar surface area (TPSA) is 62.0 Å². The van der Waals surface area contributed by atoms with Crippen LogP contribution in [0.3, 0.4) is 0 Å². The van der Waals surface area contributed by atoms with Gasteiger partial charge in [-0.3, -0.25) is 9.59 Å². The number of nitrogens with one attached hydrogen (secondary N) is 2. The third-order valence-corrected chi connectivity index (χ3v) is 5.42. The molecule has 0 bridgehead atoms. The fraction of sp³-hybridized carbons (Fsp3) is 0.0833. The molecule has 1 aromatic heterocycles. The van der Waals surface area contributed by atoms with Crippen LogP contribution in [0.25, 0.3) is 22.0 Å². The van der Waals surface area contributed by atoms with Gasteiger partial charge in [0, 0.05) is 28.1 Å². The highest BCUT2D eigenvalue weighted by atomic mass is 79.9. The minimum Gasteiger partial charge on any atom is -0.360 e. The van der Waals surface area contributed by atoms with Gasteiger partial charge in [-0.15, -0.1) is 0 Å². The highest BCUT2D eigenvalue weighted by molar-refractivity contribution is 9.10. The Kier molecular flexibility index (Phi) is 5.32. The second-order valence-electron chi connectivity index (χ2n) is 6.92. The number of aryl methyl sites for hydroxylation is 1. The lowest BCUT2D eigenvalue weighted by atomic mass is 9.98. The van der Waals surface area contributed by atoms with Crippen LogP contribution < -0.4 is 10.7 Å². The molecule has 0 saturated heterocycles. The van der Waals surface area contributed by atoms with Gasteiger partial charge in [-0.25, -0.2) is 0 Å². The molecule has 0 unspecified atom stereocenters. The van der Waals surface area contributed by atoms with Crippen molar-refractivity contribution in [2.75, 3.05) is 0 Å². The Balaban J connectivity index is 1.67. The van der Waals surface area contributed by atoms with Gasteiger partial charge in [0.25, 0.3) is 5.91 Å². The molecule has 0 aliphatic rings. The van der Waals surface area contributed by atoms with Gasteiger partial charge in [0.1, 0.15) is 5.56 Å². The zero-order valence-electron chi connectivity index (χ0n) is 15.8. The lowest BCUT2D eigenvalue weighted by molar-refractivity contribution is 0.0949. The first-order valence-electron chi connectivity index (χ1n) is 9.27. The number of hydrogen-bond acceptors (Lipinski definition) is 2. The third kappa shape index (κ3) is 4.00. The Morgan fingerprint density at radius 1 is 1.03 bits per heavy atom. The number of carbonyl (C=O) groups is 1. The van der Waals surface area contributed by atoms with E-state index in [0.29, 0.717) is 17.4 Å². The highest BCUT2D eigenvalue weighted by Gasteiger charge is 2.14. The van der Waals surface area contributed by atoms with Crippen molar-refractivity contribution in [3.8, 4) is 11.1 Å². The number of carbonyl (C=O) groups excluding carboxylic acids is 1. The van der Waals surface area contributed by atoms with Crippen LogP contribution >= 0.6 is 15.9 Å². The number of hydrogen-bond donors (Lipinski definition) is 2. The zero-order chi connectivity index (χ0) is 20.4. The summed E-state index contributed by atoms with van der Waals surface area (Å²) in [6.45, 7) is 2.38. The Morgan fingerprint density at radius 3 is 2.66 bits per heavy atom. The fourth-order valence-corrected chi connectivity index (χ4v) is 3.82. The number of pyridine rings is 1. The van der Waals surface area contributed by atoms with E-state index in [2.05, 4.69) is 26.2 Å². The van der Waals surface area contributed by atoms with Gasteiger partial charge < -0.3 is 10.3 Å². The smallest absolute Gasteiger partial charge is 0.257 e. The van der Waals surface area contributed by atoms with Crippen LogP contribution in [0.5, 0.6) is 0 Å². The van der Waals surface area contributed by atoms with Gasteiger partial charge in [0.15, 0.2) is 0 Å². The van der Waals surface area contributed by atoms with Crippen molar-refractivity contribution in [1.82, 2.24) is 10.3 Å². The maximum absolute atomic E-state index is 13.0. The molecule has 1 heterocycles. The molecule has 144 valence electrons. The Morgan fingerprint density at radius 2 is 1.86 bits per heavy atom. The number of rotatable bonds is 4. The molecule has 1 amide bonds. The van der Waals surface area contributed by atoms with Gasteiger partial charge in [-0.1, -0.05) is 58.4 Å². The molecule has 0 aliphatic carbocycles. The van der Waals surface area contributed by atoms with Crippen LogP contribution in [0.4, 0.5) is 0 Å². The summed E-state index contributed by atoms with van der Waals surface area (Å²) in [4.78, 5) is 28.7. The van der Waals surface area contributed by atoms with Crippen molar-refractivity contribution in [3.63, 3.8) is 0 Å². The molecular formula is C24H19BrN2O2. The molecule has 2 N–H and O–H groups in total. The minimum absolute atomic E-state index is 0.106. The SMILES string of the molecule is Cc1ccccc1-c1ccc2[nH]cc(C(=O)NCc3cccc(Br)c3)c(=O)c2c1. The molecule has 4 nitrogen and oxygen atoms in total. The van der Waals surface area contributed by atoms with E-state index < -0.39 is 5.91 Å². The van der Waals surface area contributed by atoms with Gasteiger partial charge in [-0.05, 0) is 53.4 Å². The summed E-state index contributed by atoms with van der Waals surface area (Å²) in [5.74, 6) is -0.394. The first-order valence-corrected chi connectivity index (χ1v) is 10.1. The number of H-pyrrole nitrogens is 1. The molecule has 5 heteroatoms. The molecule has 0 aliphatic heterocycles. The van der Waals surface area contributed by atoms with Crippen LogP contribution in [0.2, 0.25) is 0 Å². The lowest BCUT2D eigenvalue weighted by Gasteiger charge is -2.09. The first kappa shape index (κ1) is 19.2. The van der Waals surface area contributed by atoms with Gasteiger partial charge in [-0.2, -0.15) is 0 Å². The van der Waals surface area contributed by atoms with Gasteiger partial charge >= 0.3 is 0 Å². The van der Waals surface area contributed by atoms with E-state index >= 15 is 0 Å². The third-order valence-electron chi connectivity index (χ3n) is 4.92. The summed E-state index contributed by atoms with van der Waals surface area (Å²) in [7, 11) is 0. The van der Waals surface area contributed by atoms with E-state index in [0.717, 1.165) is 26.7 Å². The van der Waals surface area contributed by atoms with E-state index in [4.69, 9.17) is 0 Å². The quantitative estimate of drug-likeness (QED) is 0.452. The number of aromatic nitrogens is 1. The predicted molar refractivity (Wildman–Crippen MR) is 120 cm³/mol. The summed E-state index contributed by atoms with van der Waals surface area (Å²) >= 11 is 3.42. The van der Waals surface area contributed by atoms with Crippen molar-refractivity contribution >= 4 is 32.7 Å². The second kappa shape index (κ2) is 8.05. The summed E-state index contributed by atoms with van der Waals surface area (Å²) in [6.07, 6.45) is 1.48. The normalized spacial score (nSPS) is 10.8. The van der Waals surface area contributed by atoms with Crippen molar-refractivity contribution in [2.24, 2.45) is 0 Å². The minimum atomic E-state index is -0.394. The van der Waals surface area contributed by atoms with E-state index in [1.165, 1.54) is 6.20 Å². The number of amides is 1. The second-order valence-corrected chi connectivity index (χ2v) is 7.84. The molecule has 4 rings (SSSR count). The van der Waals surface area contributed by atoms with Crippen LogP contribution in [0.1, 0.15) is 21.5 Å².